The number of hydrogen-bond donors (Lipinski definition) is 0. The van der Waals surface area contributed by atoms with E-state index in [2.05, 4.69) is 10.00 Å². The molecular formula is C22H26N4O3. The van der Waals surface area contributed by atoms with Crippen LogP contribution in [0, 0.1) is 5.92 Å². The standard InChI is InChI=1S/C22H26N4O3/c1-15(27)16-3-6-19(7-4-16)25-9-11-26(12-10-25)22(29)17-5-8-20-18(13-17)14-21(28)24(2)23-20/h3-4,6-7,14,17H,5,8-13H2,1-2H3/t17-/m1/s1. The lowest BCUT2D eigenvalue weighted by atomic mass is 9.86. The Balaban J connectivity index is 1.37. The lowest BCUT2D eigenvalue weighted by molar-refractivity contribution is -0.136. The van der Waals surface area contributed by atoms with Gasteiger partial charge in [0.15, 0.2) is 5.78 Å². The molecule has 1 fully saturated rings. The molecule has 7 nitrogen and oxygen atoms in total. The summed E-state index contributed by atoms with van der Waals surface area (Å²) in [5, 5.41) is 4.33. The number of nitrogens with zero attached hydrogens (tertiary/aromatic N) is 4. The molecule has 0 radical (unpaired) electrons. The van der Waals surface area contributed by atoms with E-state index in [0.29, 0.717) is 25.1 Å². The quantitative estimate of drug-likeness (QED) is 0.737. The Bertz CT molecular complexity index is 988. The van der Waals surface area contributed by atoms with Crippen molar-refractivity contribution in [1.29, 1.82) is 0 Å². The maximum atomic E-state index is 13.0. The number of fused-ring (bicyclic) bond motifs is 1. The molecule has 0 saturated carbocycles. The minimum absolute atomic E-state index is 0.0640. The van der Waals surface area contributed by atoms with Crippen molar-refractivity contribution >= 4 is 17.4 Å². The van der Waals surface area contributed by atoms with Gasteiger partial charge in [0, 0.05) is 56.5 Å². The average molecular weight is 394 g/mol. The Kier molecular flexibility index (Phi) is 5.22. The van der Waals surface area contributed by atoms with E-state index in [0.717, 1.165) is 42.9 Å². The first kappa shape index (κ1) is 19.4. The zero-order chi connectivity index (χ0) is 20.5. The van der Waals surface area contributed by atoms with Gasteiger partial charge in [-0.15, -0.1) is 0 Å². The summed E-state index contributed by atoms with van der Waals surface area (Å²) in [6.45, 7) is 4.49. The van der Waals surface area contributed by atoms with E-state index in [1.54, 1.807) is 20.0 Å². The van der Waals surface area contributed by atoms with E-state index >= 15 is 0 Å². The molecule has 1 aromatic carbocycles. The molecular weight excluding hydrogens is 368 g/mol. The normalized spacial score (nSPS) is 19.0. The van der Waals surface area contributed by atoms with Gasteiger partial charge in [0.05, 0.1) is 5.69 Å². The number of amides is 1. The zero-order valence-corrected chi connectivity index (χ0v) is 16.9. The number of Topliss-reactive ketones (excluding diaryl/α,β-unsaturated/α-hetero) is 1. The summed E-state index contributed by atoms with van der Waals surface area (Å²) >= 11 is 0. The van der Waals surface area contributed by atoms with Gasteiger partial charge in [0.25, 0.3) is 5.56 Å². The van der Waals surface area contributed by atoms with Crippen LogP contribution in [0.4, 0.5) is 5.69 Å². The fraction of sp³-hybridized carbons (Fsp3) is 0.455. The summed E-state index contributed by atoms with van der Waals surface area (Å²) in [7, 11) is 1.66. The van der Waals surface area contributed by atoms with Crippen LogP contribution in [-0.2, 0) is 24.7 Å². The highest BCUT2D eigenvalue weighted by Gasteiger charge is 2.31. The van der Waals surface area contributed by atoms with Gasteiger partial charge in [-0.05, 0) is 56.0 Å². The van der Waals surface area contributed by atoms with Gasteiger partial charge < -0.3 is 9.80 Å². The van der Waals surface area contributed by atoms with Crippen molar-refractivity contribution in [3.8, 4) is 0 Å². The summed E-state index contributed by atoms with van der Waals surface area (Å²) in [6, 6.07) is 9.28. The highest BCUT2D eigenvalue weighted by molar-refractivity contribution is 5.94. The van der Waals surface area contributed by atoms with Crippen molar-refractivity contribution < 1.29 is 9.59 Å². The van der Waals surface area contributed by atoms with Gasteiger partial charge in [-0.2, -0.15) is 5.10 Å². The van der Waals surface area contributed by atoms with E-state index in [1.165, 1.54) is 4.68 Å². The third kappa shape index (κ3) is 3.95. The van der Waals surface area contributed by atoms with Crippen molar-refractivity contribution in [2.45, 2.75) is 26.2 Å². The Labute approximate surface area is 169 Å². The maximum absolute atomic E-state index is 13.0. The highest BCUT2D eigenvalue weighted by atomic mass is 16.2. The minimum Gasteiger partial charge on any atom is -0.368 e. The topological polar surface area (TPSA) is 75.5 Å². The van der Waals surface area contributed by atoms with Crippen LogP contribution >= 0.6 is 0 Å². The lowest BCUT2D eigenvalue weighted by Gasteiger charge is -2.38. The molecule has 1 atom stereocenters. The van der Waals surface area contributed by atoms with Gasteiger partial charge in [-0.3, -0.25) is 14.4 Å². The minimum atomic E-state index is -0.124. The van der Waals surface area contributed by atoms with Crippen LogP contribution in [0.15, 0.2) is 35.1 Å². The SMILES string of the molecule is CC(=O)c1ccc(N2CCN(C(=O)[C@@H]3CCc4nn(C)c(=O)cc4C3)CC2)cc1. The van der Waals surface area contributed by atoms with E-state index in [-0.39, 0.29) is 23.2 Å². The van der Waals surface area contributed by atoms with Crippen molar-refractivity contribution in [2.24, 2.45) is 13.0 Å². The second kappa shape index (κ2) is 7.81. The van der Waals surface area contributed by atoms with Gasteiger partial charge in [0.1, 0.15) is 0 Å². The molecule has 2 aromatic rings. The maximum Gasteiger partial charge on any atom is 0.266 e. The molecule has 29 heavy (non-hydrogen) atoms. The van der Waals surface area contributed by atoms with Gasteiger partial charge >= 0.3 is 0 Å². The van der Waals surface area contributed by atoms with Crippen LogP contribution in [-0.4, -0.2) is 52.5 Å². The number of aryl methyl sites for hydroxylation is 2. The second-order valence-electron chi connectivity index (χ2n) is 7.93. The third-order valence-electron chi connectivity index (χ3n) is 6.03. The smallest absolute Gasteiger partial charge is 0.266 e. The largest absolute Gasteiger partial charge is 0.368 e. The summed E-state index contributed by atoms with van der Waals surface area (Å²) in [5.41, 5.74) is 3.53. The zero-order valence-electron chi connectivity index (χ0n) is 16.9. The van der Waals surface area contributed by atoms with Gasteiger partial charge in [-0.1, -0.05) is 0 Å². The number of carbonyl (C=O) groups is 2. The number of aromatic nitrogens is 2. The molecule has 0 spiro atoms. The molecule has 1 aliphatic heterocycles. The number of anilines is 1. The van der Waals surface area contributed by atoms with Crippen LogP contribution in [0.5, 0.6) is 0 Å². The van der Waals surface area contributed by atoms with Crippen LogP contribution in [0.1, 0.15) is 35.0 Å². The summed E-state index contributed by atoms with van der Waals surface area (Å²) in [4.78, 5) is 40.6. The fourth-order valence-corrected chi connectivity index (χ4v) is 4.25. The average Bonchev–Trinajstić information content (AvgIpc) is 2.74. The fourth-order valence-electron chi connectivity index (χ4n) is 4.25. The van der Waals surface area contributed by atoms with E-state index in [1.807, 2.05) is 29.2 Å². The Hall–Kier alpha value is -2.96. The number of hydrogen-bond acceptors (Lipinski definition) is 5. The predicted molar refractivity (Wildman–Crippen MR) is 110 cm³/mol. The van der Waals surface area contributed by atoms with E-state index in [4.69, 9.17) is 0 Å². The molecule has 1 saturated heterocycles. The third-order valence-corrected chi connectivity index (χ3v) is 6.03. The molecule has 2 heterocycles. The highest BCUT2D eigenvalue weighted by Crippen LogP contribution is 2.26. The monoisotopic (exact) mass is 394 g/mol. The number of rotatable bonds is 3. The number of carbonyl (C=O) groups excluding carboxylic acids is 2. The molecule has 1 amide bonds. The molecule has 0 unspecified atom stereocenters. The van der Waals surface area contributed by atoms with Crippen LogP contribution in [0.3, 0.4) is 0 Å². The number of benzene rings is 1. The van der Waals surface area contributed by atoms with Crippen LogP contribution < -0.4 is 10.5 Å². The van der Waals surface area contributed by atoms with Crippen LogP contribution in [0.2, 0.25) is 0 Å². The van der Waals surface area contributed by atoms with Crippen molar-refractivity contribution in [1.82, 2.24) is 14.7 Å². The van der Waals surface area contributed by atoms with Crippen molar-refractivity contribution in [3.05, 3.63) is 57.5 Å². The van der Waals surface area contributed by atoms with Crippen LogP contribution in [0.25, 0.3) is 0 Å². The molecule has 1 aliphatic carbocycles. The molecule has 0 bridgehead atoms. The molecule has 1 aromatic heterocycles. The predicted octanol–water partition coefficient (Wildman–Crippen LogP) is 1.44. The first-order chi connectivity index (χ1) is 13.9. The Morgan fingerprint density at radius 1 is 1.07 bits per heavy atom. The molecule has 4 rings (SSSR count). The van der Waals surface area contributed by atoms with E-state index < -0.39 is 0 Å². The summed E-state index contributed by atoms with van der Waals surface area (Å²) in [6.07, 6.45) is 2.12. The Morgan fingerprint density at radius 3 is 2.41 bits per heavy atom. The van der Waals surface area contributed by atoms with Gasteiger partial charge in [-0.25, -0.2) is 4.68 Å². The molecule has 7 heteroatoms. The molecule has 2 aliphatic rings. The first-order valence-electron chi connectivity index (χ1n) is 10.1. The molecule has 0 N–H and O–H groups in total. The Morgan fingerprint density at radius 2 is 1.76 bits per heavy atom. The summed E-state index contributed by atoms with van der Waals surface area (Å²) < 4.78 is 1.36. The number of ketones is 1. The lowest BCUT2D eigenvalue weighted by Crippen LogP contribution is -2.51. The van der Waals surface area contributed by atoms with Crippen molar-refractivity contribution in [3.63, 3.8) is 0 Å². The number of piperazine rings is 1. The first-order valence-corrected chi connectivity index (χ1v) is 10.1. The summed E-state index contributed by atoms with van der Waals surface area (Å²) in [5.74, 6) is 0.176. The second-order valence-corrected chi connectivity index (χ2v) is 7.93. The van der Waals surface area contributed by atoms with E-state index in [9.17, 15) is 14.4 Å². The van der Waals surface area contributed by atoms with Crippen molar-refractivity contribution in [2.75, 3.05) is 31.1 Å². The van der Waals surface area contributed by atoms with Gasteiger partial charge in [0.2, 0.25) is 5.91 Å². The molecule has 152 valence electrons.